The zero-order valence-corrected chi connectivity index (χ0v) is 17.3. The summed E-state index contributed by atoms with van der Waals surface area (Å²) in [7, 11) is 3.21. The van der Waals surface area contributed by atoms with Crippen LogP contribution < -0.4 is 25.4 Å². The van der Waals surface area contributed by atoms with Crippen LogP contribution in [0.15, 0.2) is 23.2 Å². The first kappa shape index (κ1) is 21.8. The lowest BCUT2D eigenvalue weighted by atomic mass is 10.2. The van der Waals surface area contributed by atoms with Gasteiger partial charge in [0.05, 0.1) is 20.3 Å². The minimum Gasteiger partial charge on any atom is -0.493 e. The first-order valence-corrected chi connectivity index (χ1v) is 7.95. The summed E-state index contributed by atoms with van der Waals surface area (Å²) in [6, 6.07) is 5.09. The van der Waals surface area contributed by atoms with Crippen molar-refractivity contribution in [2.45, 2.75) is 6.92 Å². The van der Waals surface area contributed by atoms with Gasteiger partial charge in [-0.3, -0.25) is 14.7 Å². The molecule has 0 spiro atoms. The Labute approximate surface area is 169 Å². The Bertz CT molecular complexity index is 652. The molecule has 1 saturated heterocycles. The molecule has 10 heteroatoms. The summed E-state index contributed by atoms with van der Waals surface area (Å²) in [6.07, 6.45) is 0. The summed E-state index contributed by atoms with van der Waals surface area (Å²) >= 11 is 0. The van der Waals surface area contributed by atoms with E-state index >= 15 is 0 Å². The number of urea groups is 1. The third-order valence-electron chi connectivity index (χ3n) is 3.51. The third-order valence-corrected chi connectivity index (χ3v) is 3.51. The number of nitrogens with one attached hydrogen (secondary N) is 3. The van der Waals surface area contributed by atoms with Crippen molar-refractivity contribution in [1.29, 1.82) is 0 Å². The largest absolute Gasteiger partial charge is 0.493 e. The van der Waals surface area contributed by atoms with E-state index in [4.69, 9.17) is 9.47 Å². The van der Waals surface area contributed by atoms with E-state index in [2.05, 4.69) is 20.9 Å². The first-order valence-electron chi connectivity index (χ1n) is 7.95. The molecule has 0 bridgehead atoms. The molecule has 0 unspecified atom stereocenters. The highest BCUT2D eigenvalue weighted by Gasteiger charge is 2.27. The number of halogens is 1. The lowest BCUT2D eigenvalue weighted by Gasteiger charge is -2.16. The number of methoxy groups -OCH3 is 1. The number of amides is 3. The second kappa shape index (κ2) is 10.7. The Balaban J connectivity index is 0.00000338. The van der Waals surface area contributed by atoms with Crippen molar-refractivity contribution in [2.24, 2.45) is 4.99 Å². The van der Waals surface area contributed by atoms with Gasteiger partial charge in [0.25, 0.3) is 0 Å². The molecule has 1 fully saturated rings. The fraction of sp³-hybridized carbons (Fsp3) is 0.438. The molecule has 1 aliphatic rings. The van der Waals surface area contributed by atoms with Crippen LogP contribution in [-0.2, 0) is 4.79 Å². The van der Waals surface area contributed by atoms with Crippen LogP contribution in [-0.4, -0.2) is 63.2 Å². The average molecular weight is 477 g/mol. The van der Waals surface area contributed by atoms with Crippen molar-refractivity contribution in [2.75, 3.05) is 45.7 Å². The first-order chi connectivity index (χ1) is 12.1. The molecule has 1 aromatic carbocycles. The van der Waals surface area contributed by atoms with Crippen molar-refractivity contribution >= 4 is 47.6 Å². The Hall–Kier alpha value is -2.24. The van der Waals surface area contributed by atoms with Gasteiger partial charge < -0.3 is 25.4 Å². The molecular formula is C16H24IN5O4. The smallest absolute Gasteiger partial charge is 0.324 e. The number of carbonyl (C=O) groups is 2. The number of hydrogen-bond acceptors (Lipinski definition) is 5. The molecule has 144 valence electrons. The predicted molar refractivity (Wildman–Crippen MR) is 110 cm³/mol. The molecule has 2 rings (SSSR count). The number of carbonyl (C=O) groups excluding carboxylic acids is 2. The highest BCUT2D eigenvalue weighted by molar-refractivity contribution is 14.0. The van der Waals surface area contributed by atoms with Crippen LogP contribution >= 0.6 is 24.0 Å². The molecule has 1 heterocycles. The quantitative estimate of drug-likeness (QED) is 0.237. The van der Waals surface area contributed by atoms with E-state index in [0.29, 0.717) is 30.6 Å². The Morgan fingerprint density at radius 1 is 1.35 bits per heavy atom. The zero-order valence-electron chi connectivity index (χ0n) is 15.0. The molecule has 26 heavy (non-hydrogen) atoms. The van der Waals surface area contributed by atoms with E-state index in [1.807, 2.05) is 19.1 Å². The summed E-state index contributed by atoms with van der Waals surface area (Å²) in [6.45, 7) is 3.15. The number of aliphatic imine (C=N–C) groups is 1. The SMILES string of the molecule is CCOc1ccc(NC(=NC)NCCN2C(=O)CNC2=O)cc1OC.I. The molecule has 3 amide bonds. The van der Waals surface area contributed by atoms with Gasteiger partial charge in [0, 0.05) is 31.9 Å². The third kappa shape index (κ3) is 5.64. The van der Waals surface area contributed by atoms with E-state index in [9.17, 15) is 9.59 Å². The highest BCUT2D eigenvalue weighted by Crippen LogP contribution is 2.30. The molecule has 0 radical (unpaired) electrons. The lowest BCUT2D eigenvalue weighted by Crippen LogP contribution is -2.40. The van der Waals surface area contributed by atoms with Crippen LogP contribution in [0.5, 0.6) is 11.5 Å². The topological polar surface area (TPSA) is 104 Å². The fourth-order valence-electron chi connectivity index (χ4n) is 2.30. The van der Waals surface area contributed by atoms with Crippen molar-refractivity contribution < 1.29 is 19.1 Å². The number of hydrogen-bond donors (Lipinski definition) is 3. The molecule has 0 saturated carbocycles. The van der Waals surface area contributed by atoms with Gasteiger partial charge in [-0.25, -0.2) is 4.79 Å². The second-order valence-electron chi connectivity index (χ2n) is 5.13. The molecule has 0 atom stereocenters. The van der Waals surface area contributed by atoms with Crippen molar-refractivity contribution in [1.82, 2.24) is 15.5 Å². The molecule has 1 aliphatic heterocycles. The lowest BCUT2D eigenvalue weighted by molar-refractivity contribution is -0.124. The Morgan fingerprint density at radius 2 is 2.12 bits per heavy atom. The predicted octanol–water partition coefficient (Wildman–Crippen LogP) is 1.25. The number of ether oxygens (including phenoxy) is 2. The van der Waals surface area contributed by atoms with Crippen LogP contribution in [0, 0.1) is 0 Å². The molecule has 1 aromatic rings. The average Bonchev–Trinajstić information content (AvgIpc) is 2.94. The number of nitrogens with zero attached hydrogens (tertiary/aromatic N) is 2. The minimum absolute atomic E-state index is 0. The van der Waals surface area contributed by atoms with Gasteiger partial charge in [-0.15, -0.1) is 24.0 Å². The minimum atomic E-state index is -0.369. The highest BCUT2D eigenvalue weighted by atomic mass is 127. The van der Waals surface area contributed by atoms with Gasteiger partial charge in [-0.2, -0.15) is 0 Å². The van der Waals surface area contributed by atoms with Crippen molar-refractivity contribution in [3.05, 3.63) is 18.2 Å². The molecular weight excluding hydrogens is 453 g/mol. The van der Waals surface area contributed by atoms with Gasteiger partial charge in [0.1, 0.15) is 0 Å². The van der Waals surface area contributed by atoms with Crippen LogP contribution in [0.1, 0.15) is 6.92 Å². The van der Waals surface area contributed by atoms with Crippen LogP contribution in [0.25, 0.3) is 0 Å². The summed E-state index contributed by atoms with van der Waals surface area (Å²) in [5, 5.41) is 8.65. The van der Waals surface area contributed by atoms with Crippen molar-refractivity contribution in [3.8, 4) is 11.5 Å². The summed E-state index contributed by atoms with van der Waals surface area (Å²) in [5.74, 6) is 1.56. The summed E-state index contributed by atoms with van der Waals surface area (Å²) in [5.41, 5.74) is 0.767. The fourth-order valence-corrected chi connectivity index (χ4v) is 2.30. The number of guanidine groups is 1. The maximum Gasteiger partial charge on any atom is 0.324 e. The Morgan fingerprint density at radius 3 is 2.69 bits per heavy atom. The molecule has 9 nitrogen and oxygen atoms in total. The Kier molecular flexibility index (Phi) is 8.96. The molecule has 3 N–H and O–H groups in total. The van der Waals surface area contributed by atoms with Gasteiger partial charge >= 0.3 is 6.03 Å². The normalized spacial score (nSPS) is 13.8. The van der Waals surface area contributed by atoms with Gasteiger partial charge in [-0.1, -0.05) is 0 Å². The molecule has 0 aromatic heterocycles. The van der Waals surface area contributed by atoms with Crippen LogP contribution in [0.3, 0.4) is 0 Å². The van der Waals surface area contributed by atoms with E-state index < -0.39 is 0 Å². The van der Waals surface area contributed by atoms with E-state index in [0.717, 1.165) is 5.69 Å². The van der Waals surface area contributed by atoms with Crippen molar-refractivity contribution in [3.63, 3.8) is 0 Å². The monoisotopic (exact) mass is 477 g/mol. The maximum absolute atomic E-state index is 11.5. The number of benzene rings is 1. The van der Waals surface area contributed by atoms with Gasteiger partial charge in [-0.05, 0) is 19.1 Å². The van der Waals surface area contributed by atoms with Crippen LogP contribution in [0.4, 0.5) is 10.5 Å². The number of imide groups is 1. The van der Waals surface area contributed by atoms with E-state index in [-0.39, 0.29) is 49.0 Å². The second-order valence-corrected chi connectivity index (χ2v) is 5.13. The van der Waals surface area contributed by atoms with Gasteiger partial charge in [0.2, 0.25) is 5.91 Å². The number of anilines is 1. The molecule has 0 aliphatic carbocycles. The summed E-state index contributed by atoms with van der Waals surface area (Å²) in [4.78, 5) is 28.3. The number of rotatable bonds is 7. The van der Waals surface area contributed by atoms with E-state index in [1.54, 1.807) is 20.2 Å². The van der Waals surface area contributed by atoms with Gasteiger partial charge in [0.15, 0.2) is 17.5 Å². The maximum atomic E-state index is 11.5. The van der Waals surface area contributed by atoms with Crippen LogP contribution in [0.2, 0.25) is 0 Å². The van der Waals surface area contributed by atoms with E-state index in [1.165, 1.54) is 4.90 Å². The standard InChI is InChI=1S/C16H23N5O4.HI/c1-4-25-12-6-5-11(9-13(12)24-3)20-15(17-2)18-7-8-21-14(22)10-19-16(21)23;/h5-6,9H,4,7-8,10H2,1-3H3,(H,19,23)(H2,17,18,20);1H. The summed E-state index contributed by atoms with van der Waals surface area (Å²) < 4.78 is 10.8. The zero-order chi connectivity index (χ0) is 18.2.